The molecule has 28 heavy (non-hydrogen) atoms. The van der Waals surface area contributed by atoms with Gasteiger partial charge in [-0.3, -0.25) is 4.90 Å². The van der Waals surface area contributed by atoms with E-state index in [9.17, 15) is 0 Å². The zero-order chi connectivity index (χ0) is 20.7. The third-order valence-corrected chi connectivity index (χ3v) is 6.20. The molecule has 2 heterocycles. The summed E-state index contributed by atoms with van der Waals surface area (Å²) in [5, 5.41) is 0. The Morgan fingerprint density at radius 3 is 2.46 bits per heavy atom. The van der Waals surface area contributed by atoms with Gasteiger partial charge in [-0.1, -0.05) is 20.8 Å². The van der Waals surface area contributed by atoms with E-state index in [-0.39, 0.29) is 11.0 Å². The molecule has 2 aliphatic rings. The van der Waals surface area contributed by atoms with Gasteiger partial charge < -0.3 is 14.2 Å². The highest BCUT2D eigenvalue weighted by molar-refractivity contribution is 9.10. The normalized spacial score (nSPS) is 23.1. The predicted molar refractivity (Wildman–Crippen MR) is 118 cm³/mol. The minimum Gasteiger partial charge on any atom is -0.493 e. The van der Waals surface area contributed by atoms with Crippen LogP contribution in [0.4, 0.5) is 0 Å². The standard InChI is InChI=1S/C23H36BrNO3/c1-22(2,3)14-27-21-19(26-7)12-17-16(20(21)24)10-11-25-13-15(8-9-18(17)25)28-23(4,5)6/h12,15,18H,8-11,13-14H2,1-7H3. The second-order valence-electron chi connectivity index (χ2n) is 10.3. The van der Waals surface area contributed by atoms with E-state index in [1.165, 1.54) is 11.1 Å². The summed E-state index contributed by atoms with van der Waals surface area (Å²) in [6, 6.07) is 2.64. The first-order valence-electron chi connectivity index (χ1n) is 10.4. The third-order valence-electron chi connectivity index (χ3n) is 5.36. The van der Waals surface area contributed by atoms with Gasteiger partial charge in [0, 0.05) is 19.1 Å². The van der Waals surface area contributed by atoms with Crippen molar-refractivity contribution >= 4 is 15.9 Å². The lowest BCUT2D eigenvalue weighted by molar-refractivity contribution is -0.0971. The smallest absolute Gasteiger partial charge is 0.175 e. The molecular weight excluding hydrogens is 418 g/mol. The van der Waals surface area contributed by atoms with E-state index in [2.05, 4.69) is 68.4 Å². The van der Waals surface area contributed by atoms with E-state index in [0.717, 1.165) is 48.3 Å². The fraction of sp³-hybridized carbons (Fsp3) is 0.739. The molecule has 1 saturated heterocycles. The molecule has 0 amide bonds. The Balaban J connectivity index is 1.84. The largest absolute Gasteiger partial charge is 0.493 e. The number of rotatable bonds is 4. The van der Waals surface area contributed by atoms with Gasteiger partial charge in [-0.15, -0.1) is 0 Å². The SMILES string of the molecule is COc1cc2c(c(Br)c1OCC(C)(C)C)CCN1CC(OC(C)(C)C)CCC21. The van der Waals surface area contributed by atoms with Crippen LogP contribution in [-0.2, 0) is 11.2 Å². The molecule has 5 heteroatoms. The maximum absolute atomic E-state index is 6.27. The van der Waals surface area contributed by atoms with Crippen molar-refractivity contribution in [3.8, 4) is 11.5 Å². The molecular formula is C23H36BrNO3. The molecule has 0 saturated carbocycles. The molecule has 1 aromatic carbocycles. The van der Waals surface area contributed by atoms with Crippen molar-refractivity contribution in [2.24, 2.45) is 5.41 Å². The first kappa shape index (κ1) is 21.9. The molecule has 0 aliphatic carbocycles. The molecule has 2 aliphatic heterocycles. The van der Waals surface area contributed by atoms with Crippen molar-refractivity contribution in [1.29, 1.82) is 0 Å². The number of nitrogens with zero attached hydrogens (tertiary/aromatic N) is 1. The highest BCUT2D eigenvalue weighted by Gasteiger charge is 2.37. The van der Waals surface area contributed by atoms with Crippen LogP contribution in [-0.4, -0.2) is 43.4 Å². The summed E-state index contributed by atoms with van der Waals surface area (Å²) in [5.74, 6) is 1.67. The van der Waals surface area contributed by atoms with Crippen LogP contribution in [0.3, 0.4) is 0 Å². The Morgan fingerprint density at radius 2 is 1.86 bits per heavy atom. The zero-order valence-electron chi connectivity index (χ0n) is 18.5. The Bertz CT molecular complexity index is 705. The van der Waals surface area contributed by atoms with Crippen molar-refractivity contribution in [2.45, 2.75) is 78.6 Å². The van der Waals surface area contributed by atoms with Crippen molar-refractivity contribution in [3.63, 3.8) is 0 Å². The van der Waals surface area contributed by atoms with Crippen molar-refractivity contribution in [3.05, 3.63) is 21.7 Å². The van der Waals surface area contributed by atoms with E-state index in [0.29, 0.717) is 18.8 Å². The Kier molecular flexibility index (Phi) is 6.38. The van der Waals surface area contributed by atoms with E-state index >= 15 is 0 Å². The quantitative estimate of drug-likeness (QED) is 0.579. The van der Waals surface area contributed by atoms with E-state index in [4.69, 9.17) is 14.2 Å². The fourth-order valence-corrected chi connectivity index (χ4v) is 4.99. The molecule has 1 fully saturated rings. The van der Waals surface area contributed by atoms with Crippen LogP contribution in [0.2, 0.25) is 0 Å². The van der Waals surface area contributed by atoms with Crippen LogP contribution in [0.15, 0.2) is 10.5 Å². The maximum atomic E-state index is 6.27. The molecule has 1 aromatic rings. The first-order chi connectivity index (χ1) is 13.0. The van der Waals surface area contributed by atoms with Crippen molar-refractivity contribution in [2.75, 3.05) is 26.8 Å². The van der Waals surface area contributed by atoms with E-state index < -0.39 is 0 Å². The zero-order valence-corrected chi connectivity index (χ0v) is 20.1. The number of piperidine rings is 1. The van der Waals surface area contributed by atoms with Crippen LogP contribution in [0.1, 0.15) is 71.6 Å². The van der Waals surface area contributed by atoms with Crippen LogP contribution < -0.4 is 9.47 Å². The molecule has 158 valence electrons. The number of hydrogen-bond donors (Lipinski definition) is 0. The van der Waals surface area contributed by atoms with E-state index in [1.807, 2.05) is 0 Å². The van der Waals surface area contributed by atoms with Crippen LogP contribution in [0, 0.1) is 5.41 Å². The Hall–Kier alpha value is -0.780. The number of benzene rings is 1. The van der Waals surface area contributed by atoms with Gasteiger partial charge in [0.05, 0.1) is 29.9 Å². The van der Waals surface area contributed by atoms with Gasteiger partial charge in [0.2, 0.25) is 0 Å². The molecule has 0 radical (unpaired) electrons. The van der Waals surface area contributed by atoms with Gasteiger partial charge in [0.1, 0.15) is 0 Å². The lowest BCUT2D eigenvalue weighted by atomic mass is 9.85. The Morgan fingerprint density at radius 1 is 1.14 bits per heavy atom. The number of fused-ring (bicyclic) bond motifs is 3. The molecule has 2 atom stereocenters. The second-order valence-corrected chi connectivity index (χ2v) is 11.1. The molecule has 0 spiro atoms. The minimum atomic E-state index is -0.0866. The van der Waals surface area contributed by atoms with Crippen LogP contribution in [0.25, 0.3) is 0 Å². The second kappa shape index (κ2) is 8.16. The van der Waals surface area contributed by atoms with Gasteiger partial charge >= 0.3 is 0 Å². The molecule has 3 rings (SSSR count). The predicted octanol–water partition coefficient (Wildman–Crippen LogP) is 5.76. The summed E-state index contributed by atoms with van der Waals surface area (Å²) in [4.78, 5) is 2.59. The van der Waals surface area contributed by atoms with Crippen molar-refractivity contribution < 1.29 is 14.2 Å². The minimum absolute atomic E-state index is 0.0866. The molecule has 2 unspecified atom stereocenters. The molecule has 4 nitrogen and oxygen atoms in total. The average Bonchev–Trinajstić information content (AvgIpc) is 2.57. The van der Waals surface area contributed by atoms with Gasteiger partial charge in [-0.05, 0) is 78.6 Å². The highest BCUT2D eigenvalue weighted by Crippen LogP contribution is 2.47. The lowest BCUT2D eigenvalue weighted by Gasteiger charge is -2.45. The van der Waals surface area contributed by atoms with Crippen LogP contribution >= 0.6 is 15.9 Å². The van der Waals surface area contributed by atoms with Gasteiger partial charge in [0.15, 0.2) is 11.5 Å². The maximum Gasteiger partial charge on any atom is 0.175 e. The fourth-order valence-electron chi connectivity index (χ4n) is 4.25. The number of hydrogen-bond acceptors (Lipinski definition) is 4. The topological polar surface area (TPSA) is 30.9 Å². The van der Waals surface area contributed by atoms with Gasteiger partial charge in [-0.25, -0.2) is 0 Å². The molecule has 0 aromatic heterocycles. The number of halogens is 1. The summed E-state index contributed by atoms with van der Waals surface area (Å²) in [6.07, 6.45) is 3.55. The van der Waals surface area contributed by atoms with E-state index in [1.54, 1.807) is 7.11 Å². The summed E-state index contributed by atoms with van der Waals surface area (Å²) in [7, 11) is 1.73. The summed E-state index contributed by atoms with van der Waals surface area (Å²) in [6.45, 7) is 15.7. The van der Waals surface area contributed by atoms with Crippen molar-refractivity contribution in [1.82, 2.24) is 4.90 Å². The highest BCUT2D eigenvalue weighted by atomic mass is 79.9. The number of ether oxygens (including phenoxy) is 3. The summed E-state index contributed by atoms with van der Waals surface area (Å²) < 4.78 is 19.3. The summed E-state index contributed by atoms with van der Waals surface area (Å²) in [5.41, 5.74) is 2.77. The Labute approximate surface area is 179 Å². The monoisotopic (exact) mass is 453 g/mol. The molecule has 0 N–H and O–H groups in total. The lowest BCUT2D eigenvalue weighted by Crippen LogP contribution is -2.47. The first-order valence-corrected chi connectivity index (χ1v) is 11.2. The average molecular weight is 454 g/mol. The third kappa shape index (κ3) is 5.03. The van der Waals surface area contributed by atoms with Gasteiger partial charge in [-0.2, -0.15) is 0 Å². The van der Waals surface area contributed by atoms with Crippen LogP contribution in [0.5, 0.6) is 11.5 Å². The molecule has 0 bridgehead atoms. The number of methoxy groups -OCH3 is 1. The van der Waals surface area contributed by atoms with Gasteiger partial charge in [0.25, 0.3) is 0 Å². The summed E-state index contributed by atoms with van der Waals surface area (Å²) >= 11 is 3.85.